The summed E-state index contributed by atoms with van der Waals surface area (Å²) in [5.74, 6) is -0.326. The van der Waals surface area contributed by atoms with E-state index < -0.39 is 6.09 Å². The van der Waals surface area contributed by atoms with Crippen LogP contribution in [0.3, 0.4) is 0 Å². The number of imide groups is 1. The highest BCUT2D eigenvalue weighted by Gasteiger charge is 2.59. The highest BCUT2D eigenvalue weighted by atomic mass is 16.6. The van der Waals surface area contributed by atoms with Crippen LogP contribution in [0.25, 0.3) is 0 Å². The molecule has 4 atom stereocenters. The molecule has 3 aliphatic carbocycles. The fraction of sp³-hybridized carbons (Fsp3) is 0.706. The molecule has 3 fully saturated rings. The van der Waals surface area contributed by atoms with Gasteiger partial charge in [-0.1, -0.05) is 18.6 Å². The van der Waals surface area contributed by atoms with Gasteiger partial charge in [0.05, 0.1) is 11.8 Å². The molecule has 6 heteroatoms. The molecule has 0 spiro atoms. The largest absolute Gasteiger partial charge is 0.446 e. The number of hydrogen-bond donors (Lipinski definition) is 1. The predicted molar refractivity (Wildman–Crippen MR) is 80.9 cm³/mol. The second-order valence-corrected chi connectivity index (χ2v) is 7.10. The lowest BCUT2D eigenvalue weighted by molar-refractivity contribution is -0.140. The van der Waals surface area contributed by atoms with E-state index in [4.69, 9.17) is 4.74 Å². The third-order valence-corrected chi connectivity index (χ3v) is 5.77. The van der Waals surface area contributed by atoms with Gasteiger partial charge in [0.15, 0.2) is 0 Å². The number of likely N-dealkylation sites (tertiary alicyclic amines) is 1. The molecule has 0 unspecified atom stereocenters. The highest BCUT2D eigenvalue weighted by Crippen LogP contribution is 2.52. The van der Waals surface area contributed by atoms with Crippen molar-refractivity contribution < 1.29 is 19.1 Å². The van der Waals surface area contributed by atoms with Gasteiger partial charge in [-0.2, -0.15) is 0 Å². The Balaban J connectivity index is 1.32. The molecule has 1 N–H and O–H groups in total. The van der Waals surface area contributed by atoms with Gasteiger partial charge < -0.3 is 10.1 Å². The van der Waals surface area contributed by atoms with E-state index in [1.807, 2.05) is 0 Å². The Labute approximate surface area is 135 Å². The van der Waals surface area contributed by atoms with E-state index in [1.165, 1.54) is 11.3 Å². The Bertz CT molecular complexity index is 537. The summed E-state index contributed by atoms with van der Waals surface area (Å²) < 4.78 is 5.36. The summed E-state index contributed by atoms with van der Waals surface area (Å²) in [6, 6.07) is 0. The molecule has 1 aliphatic heterocycles. The fourth-order valence-corrected chi connectivity index (χ4v) is 4.64. The van der Waals surface area contributed by atoms with Gasteiger partial charge in [-0.05, 0) is 43.9 Å². The molecule has 0 radical (unpaired) electrons. The first-order valence-electron chi connectivity index (χ1n) is 8.63. The topological polar surface area (TPSA) is 75.7 Å². The Kier molecular flexibility index (Phi) is 3.62. The molecular weight excluding hydrogens is 296 g/mol. The van der Waals surface area contributed by atoms with Crippen molar-refractivity contribution in [2.24, 2.45) is 23.7 Å². The zero-order valence-corrected chi connectivity index (χ0v) is 13.1. The molecular formula is C17H22N2O4. The zero-order valence-electron chi connectivity index (χ0n) is 13.1. The molecule has 0 aromatic rings. The molecule has 2 bridgehead atoms. The Morgan fingerprint density at radius 1 is 1.09 bits per heavy atom. The predicted octanol–water partition coefficient (Wildman–Crippen LogP) is 1.81. The maximum absolute atomic E-state index is 12.5. The van der Waals surface area contributed by atoms with Crippen LogP contribution in [0, 0.1) is 23.7 Å². The average Bonchev–Trinajstić information content (AvgIpc) is 3.22. The van der Waals surface area contributed by atoms with Crippen molar-refractivity contribution in [3.8, 4) is 0 Å². The molecule has 0 aromatic heterocycles. The van der Waals surface area contributed by atoms with Crippen LogP contribution in [-0.2, 0) is 14.3 Å². The monoisotopic (exact) mass is 318 g/mol. The van der Waals surface area contributed by atoms with E-state index in [0.717, 1.165) is 32.1 Å². The molecule has 2 saturated carbocycles. The van der Waals surface area contributed by atoms with Gasteiger partial charge in [-0.15, -0.1) is 0 Å². The Hall–Kier alpha value is -1.85. The fourth-order valence-electron chi connectivity index (χ4n) is 4.64. The van der Waals surface area contributed by atoms with Crippen LogP contribution >= 0.6 is 0 Å². The zero-order chi connectivity index (χ0) is 16.0. The van der Waals surface area contributed by atoms with Crippen molar-refractivity contribution in [3.05, 3.63) is 12.2 Å². The minimum Gasteiger partial charge on any atom is -0.446 e. The van der Waals surface area contributed by atoms with Crippen molar-refractivity contribution in [2.45, 2.75) is 44.6 Å². The summed E-state index contributed by atoms with van der Waals surface area (Å²) in [7, 11) is 0. The van der Waals surface area contributed by atoms with Crippen molar-refractivity contribution in [3.63, 3.8) is 0 Å². The molecule has 1 saturated heterocycles. The standard InChI is InChI=1S/C17H22N2O4/c20-15-13-10-6-7-11(8-10)14(13)16(21)19(15)9-18-17(22)23-12-4-2-1-3-5-12/h6-7,10-14H,1-5,8-9H2,(H,18,22)/t10-,11-,13-,14-/m0/s1. The summed E-state index contributed by atoms with van der Waals surface area (Å²) in [5.41, 5.74) is 0. The highest BCUT2D eigenvalue weighted by molar-refractivity contribution is 6.06. The molecule has 3 amide bonds. The van der Waals surface area contributed by atoms with Crippen LogP contribution in [0.5, 0.6) is 0 Å². The van der Waals surface area contributed by atoms with Crippen LogP contribution in [0.15, 0.2) is 12.2 Å². The van der Waals surface area contributed by atoms with E-state index in [9.17, 15) is 14.4 Å². The molecule has 1 heterocycles. The number of ether oxygens (including phenoxy) is 1. The number of alkyl carbamates (subject to hydrolysis) is 1. The van der Waals surface area contributed by atoms with Crippen LogP contribution in [0.4, 0.5) is 4.79 Å². The number of fused-ring (bicyclic) bond motifs is 5. The maximum Gasteiger partial charge on any atom is 0.408 e. The first kappa shape index (κ1) is 14.7. The first-order chi connectivity index (χ1) is 11.1. The number of rotatable bonds is 3. The van der Waals surface area contributed by atoms with Gasteiger partial charge in [0.25, 0.3) is 0 Å². The van der Waals surface area contributed by atoms with Gasteiger partial charge in [0.1, 0.15) is 12.8 Å². The van der Waals surface area contributed by atoms with Gasteiger partial charge in [-0.25, -0.2) is 4.79 Å². The van der Waals surface area contributed by atoms with E-state index >= 15 is 0 Å². The second kappa shape index (κ2) is 5.65. The molecule has 4 aliphatic rings. The number of carbonyl (C=O) groups is 3. The SMILES string of the molecule is O=C(NCN1C(=O)[C@@H]2[C@@H](C1=O)[C@H]1C=C[C@H]2C1)OC1CCCCC1. The lowest BCUT2D eigenvalue weighted by Gasteiger charge is -2.23. The molecule has 0 aromatic carbocycles. The average molecular weight is 318 g/mol. The van der Waals surface area contributed by atoms with Gasteiger partial charge in [0, 0.05) is 0 Å². The number of nitrogens with zero attached hydrogens (tertiary/aromatic N) is 1. The minimum atomic E-state index is -0.532. The summed E-state index contributed by atoms with van der Waals surface area (Å²) in [6.45, 7) is -0.0738. The van der Waals surface area contributed by atoms with E-state index in [0.29, 0.717) is 0 Å². The van der Waals surface area contributed by atoms with Gasteiger partial charge in [-0.3, -0.25) is 14.5 Å². The lowest BCUT2D eigenvalue weighted by atomic mass is 9.85. The maximum atomic E-state index is 12.5. The Morgan fingerprint density at radius 3 is 2.30 bits per heavy atom. The van der Waals surface area contributed by atoms with Gasteiger partial charge >= 0.3 is 6.09 Å². The van der Waals surface area contributed by atoms with Crippen molar-refractivity contribution in [1.29, 1.82) is 0 Å². The summed E-state index contributed by atoms with van der Waals surface area (Å²) in [4.78, 5) is 38.0. The van der Waals surface area contributed by atoms with Gasteiger partial charge in [0.2, 0.25) is 11.8 Å². The third kappa shape index (κ3) is 2.44. The van der Waals surface area contributed by atoms with Crippen LogP contribution in [0.2, 0.25) is 0 Å². The first-order valence-corrected chi connectivity index (χ1v) is 8.63. The van der Waals surface area contributed by atoms with Crippen molar-refractivity contribution in [1.82, 2.24) is 10.2 Å². The minimum absolute atomic E-state index is 0.0341. The lowest BCUT2D eigenvalue weighted by Crippen LogP contribution is -2.43. The molecule has 124 valence electrons. The number of allylic oxidation sites excluding steroid dienone is 2. The number of nitrogens with one attached hydrogen (secondary N) is 1. The molecule has 6 nitrogen and oxygen atoms in total. The normalized spacial score (nSPS) is 35.7. The summed E-state index contributed by atoms with van der Waals surface area (Å²) >= 11 is 0. The van der Waals surface area contributed by atoms with E-state index in [1.54, 1.807) is 0 Å². The third-order valence-electron chi connectivity index (χ3n) is 5.77. The number of carbonyl (C=O) groups excluding carboxylic acids is 3. The van der Waals surface area contributed by atoms with E-state index in [-0.39, 0.29) is 48.3 Å². The summed E-state index contributed by atoms with van der Waals surface area (Å²) in [5, 5.41) is 2.57. The number of amides is 3. The molecule has 4 rings (SSSR count). The Morgan fingerprint density at radius 2 is 1.70 bits per heavy atom. The quantitative estimate of drug-likeness (QED) is 0.636. The summed E-state index contributed by atoms with van der Waals surface area (Å²) in [6.07, 6.45) is 9.62. The van der Waals surface area contributed by atoms with Crippen LogP contribution in [0.1, 0.15) is 38.5 Å². The smallest absolute Gasteiger partial charge is 0.408 e. The van der Waals surface area contributed by atoms with Crippen molar-refractivity contribution >= 4 is 17.9 Å². The van der Waals surface area contributed by atoms with E-state index in [2.05, 4.69) is 17.5 Å². The van der Waals surface area contributed by atoms with Crippen LogP contribution in [-0.4, -0.2) is 35.6 Å². The second-order valence-electron chi connectivity index (χ2n) is 7.10. The molecule has 23 heavy (non-hydrogen) atoms. The van der Waals surface area contributed by atoms with Crippen molar-refractivity contribution in [2.75, 3.05) is 6.67 Å². The number of hydrogen-bond acceptors (Lipinski definition) is 4. The van der Waals surface area contributed by atoms with Crippen LogP contribution < -0.4 is 5.32 Å².